The number of hydrogen-bond acceptors (Lipinski definition) is 4. The molecule has 0 atom stereocenters. The van der Waals surface area contributed by atoms with Gasteiger partial charge in [-0.25, -0.2) is 4.79 Å². The van der Waals surface area contributed by atoms with E-state index in [0.717, 1.165) is 12.2 Å². The summed E-state index contributed by atoms with van der Waals surface area (Å²) in [5, 5.41) is 2.60. The summed E-state index contributed by atoms with van der Waals surface area (Å²) in [6.07, 6.45) is 1.80. The van der Waals surface area contributed by atoms with Gasteiger partial charge in [0.05, 0.1) is 0 Å². The Morgan fingerprint density at radius 1 is 1.24 bits per heavy atom. The van der Waals surface area contributed by atoms with Gasteiger partial charge in [0, 0.05) is 17.8 Å². The Balaban J connectivity index is 2.45. The molecule has 0 radical (unpaired) electrons. The molecular weight excluding hydrogens is 240 g/mol. The van der Waals surface area contributed by atoms with Gasteiger partial charge in [-0.3, -0.25) is 4.79 Å². The highest BCUT2D eigenvalue weighted by Crippen LogP contribution is 2.05. The zero-order valence-electron chi connectivity index (χ0n) is 8.75. The van der Waals surface area contributed by atoms with E-state index in [1.165, 1.54) is 0 Å². The van der Waals surface area contributed by atoms with Gasteiger partial charge in [-0.2, -0.15) is 0 Å². The predicted octanol–water partition coefficient (Wildman–Crippen LogP) is 0.968. The standard InChI is InChI=1S/C11H10N2O3S/c12-9(14)6-7-10(15)16-11(17)13-8-4-2-1-3-5-8/h1-7H,(H2,12,14)(H,13,17)/b7-6-. The number of nitrogens with one attached hydrogen (secondary N) is 1. The van der Waals surface area contributed by atoms with Crippen LogP contribution in [0.5, 0.6) is 0 Å². The molecule has 5 nitrogen and oxygen atoms in total. The molecule has 0 spiro atoms. The number of esters is 1. The third-order valence-corrected chi connectivity index (χ3v) is 1.78. The highest BCUT2D eigenvalue weighted by molar-refractivity contribution is 7.80. The molecule has 0 unspecified atom stereocenters. The van der Waals surface area contributed by atoms with Crippen molar-refractivity contribution >= 4 is 35.0 Å². The van der Waals surface area contributed by atoms with E-state index in [2.05, 4.69) is 5.32 Å². The van der Waals surface area contributed by atoms with Crippen molar-refractivity contribution in [3.05, 3.63) is 42.5 Å². The molecule has 6 heteroatoms. The van der Waals surface area contributed by atoms with Gasteiger partial charge < -0.3 is 15.8 Å². The van der Waals surface area contributed by atoms with Gasteiger partial charge in [-0.1, -0.05) is 18.2 Å². The number of nitrogens with two attached hydrogens (primary N) is 1. The van der Waals surface area contributed by atoms with E-state index in [1.54, 1.807) is 24.3 Å². The lowest BCUT2D eigenvalue weighted by Gasteiger charge is -2.05. The molecule has 0 fully saturated rings. The predicted molar refractivity (Wildman–Crippen MR) is 67.1 cm³/mol. The molecule has 0 heterocycles. The molecule has 17 heavy (non-hydrogen) atoms. The van der Waals surface area contributed by atoms with Crippen LogP contribution in [0.15, 0.2) is 42.5 Å². The van der Waals surface area contributed by atoms with Gasteiger partial charge in [0.15, 0.2) is 0 Å². The molecule has 0 aliphatic rings. The average molecular weight is 250 g/mol. The summed E-state index contributed by atoms with van der Waals surface area (Å²) < 4.78 is 4.69. The molecule has 1 aromatic rings. The number of ether oxygens (including phenoxy) is 1. The molecule has 0 bridgehead atoms. The first kappa shape index (κ1) is 12.9. The molecular formula is C11H10N2O3S. The topological polar surface area (TPSA) is 81.4 Å². The van der Waals surface area contributed by atoms with E-state index in [-0.39, 0.29) is 5.17 Å². The van der Waals surface area contributed by atoms with Gasteiger partial charge in [0.25, 0.3) is 5.17 Å². The van der Waals surface area contributed by atoms with E-state index in [0.29, 0.717) is 5.69 Å². The molecule has 1 amide bonds. The summed E-state index contributed by atoms with van der Waals surface area (Å²) in [6.45, 7) is 0. The lowest BCUT2D eigenvalue weighted by atomic mass is 10.3. The first-order valence-corrected chi connectivity index (χ1v) is 5.04. The van der Waals surface area contributed by atoms with Crippen molar-refractivity contribution in [3.8, 4) is 0 Å². The lowest BCUT2D eigenvalue weighted by Crippen LogP contribution is -2.17. The van der Waals surface area contributed by atoms with Crippen molar-refractivity contribution in [2.45, 2.75) is 0 Å². The van der Waals surface area contributed by atoms with Gasteiger partial charge in [-0.05, 0) is 24.4 Å². The Bertz CT molecular complexity index is 457. The smallest absolute Gasteiger partial charge is 0.338 e. The van der Waals surface area contributed by atoms with Crippen LogP contribution < -0.4 is 11.1 Å². The SMILES string of the molecule is NC(=O)/C=C\C(=O)OC(=S)Nc1ccccc1. The lowest BCUT2D eigenvalue weighted by molar-refractivity contribution is -0.130. The number of para-hydroxylation sites is 1. The van der Waals surface area contributed by atoms with E-state index < -0.39 is 11.9 Å². The fraction of sp³-hybridized carbons (Fsp3) is 0. The fourth-order valence-corrected chi connectivity index (χ4v) is 1.14. The normalized spacial score (nSPS) is 9.88. The van der Waals surface area contributed by atoms with Gasteiger partial charge in [-0.15, -0.1) is 0 Å². The number of carbonyl (C=O) groups is 2. The number of carbonyl (C=O) groups excluding carboxylic acids is 2. The van der Waals surface area contributed by atoms with Crippen LogP contribution in [0.2, 0.25) is 0 Å². The number of benzene rings is 1. The quantitative estimate of drug-likeness (QED) is 0.474. The molecule has 0 aromatic heterocycles. The molecule has 3 N–H and O–H groups in total. The van der Waals surface area contributed by atoms with Crippen LogP contribution in [0, 0.1) is 0 Å². The first-order chi connectivity index (χ1) is 8.08. The van der Waals surface area contributed by atoms with Crippen LogP contribution in [-0.2, 0) is 14.3 Å². The van der Waals surface area contributed by atoms with E-state index in [4.69, 9.17) is 22.7 Å². The molecule has 1 rings (SSSR count). The second-order valence-corrected chi connectivity index (χ2v) is 3.31. The van der Waals surface area contributed by atoms with Crippen LogP contribution in [0.3, 0.4) is 0 Å². The van der Waals surface area contributed by atoms with Crippen LogP contribution in [0.4, 0.5) is 5.69 Å². The van der Waals surface area contributed by atoms with Crippen molar-refractivity contribution in [1.29, 1.82) is 0 Å². The molecule has 0 aliphatic heterocycles. The molecule has 0 saturated carbocycles. The summed E-state index contributed by atoms with van der Waals surface area (Å²) in [7, 11) is 0. The number of amides is 1. The van der Waals surface area contributed by atoms with Crippen LogP contribution >= 0.6 is 12.2 Å². The minimum absolute atomic E-state index is 0.102. The highest BCUT2D eigenvalue weighted by Gasteiger charge is 2.03. The molecule has 0 saturated heterocycles. The van der Waals surface area contributed by atoms with Crippen LogP contribution in [-0.4, -0.2) is 17.1 Å². The Hall–Kier alpha value is -2.21. The summed E-state index contributed by atoms with van der Waals surface area (Å²) in [4.78, 5) is 21.5. The number of anilines is 1. The van der Waals surface area contributed by atoms with Crippen molar-refractivity contribution in [1.82, 2.24) is 0 Å². The van der Waals surface area contributed by atoms with Gasteiger partial charge in [0.1, 0.15) is 0 Å². The average Bonchev–Trinajstić information content (AvgIpc) is 2.27. The Morgan fingerprint density at radius 2 is 1.88 bits per heavy atom. The number of primary amides is 1. The second-order valence-electron chi connectivity index (χ2n) is 2.94. The maximum Gasteiger partial charge on any atom is 0.338 e. The Labute approximate surface area is 103 Å². The molecule has 88 valence electrons. The monoisotopic (exact) mass is 250 g/mol. The first-order valence-electron chi connectivity index (χ1n) is 4.63. The van der Waals surface area contributed by atoms with Crippen LogP contribution in [0.25, 0.3) is 0 Å². The van der Waals surface area contributed by atoms with Crippen molar-refractivity contribution in [2.75, 3.05) is 5.32 Å². The summed E-state index contributed by atoms with van der Waals surface area (Å²) >= 11 is 4.79. The summed E-state index contributed by atoms with van der Waals surface area (Å²) in [5.74, 6) is -1.50. The third kappa shape index (κ3) is 5.43. The van der Waals surface area contributed by atoms with Gasteiger partial charge in [0.2, 0.25) is 5.91 Å². The third-order valence-electron chi connectivity index (χ3n) is 1.60. The number of hydrogen-bond donors (Lipinski definition) is 2. The van der Waals surface area contributed by atoms with Crippen molar-refractivity contribution in [3.63, 3.8) is 0 Å². The van der Waals surface area contributed by atoms with E-state index >= 15 is 0 Å². The summed E-state index contributed by atoms with van der Waals surface area (Å²) in [6, 6.07) is 8.98. The van der Waals surface area contributed by atoms with Crippen LogP contribution in [0.1, 0.15) is 0 Å². The van der Waals surface area contributed by atoms with Crippen molar-refractivity contribution in [2.24, 2.45) is 5.73 Å². The minimum Gasteiger partial charge on any atom is -0.396 e. The maximum atomic E-state index is 11.1. The largest absolute Gasteiger partial charge is 0.396 e. The fourth-order valence-electron chi connectivity index (χ4n) is 0.940. The van der Waals surface area contributed by atoms with Crippen molar-refractivity contribution < 1.29 is 14.3 Å². The van der Waals surface area contributed by atoms with E-state index in [9.17, 15) is 9.59 Å². The number of rotatable bonds is 3. The molecule has 0 aliphatic carbocycles. The Kier molecular flexibility index (Phi) is 4.83. The summed E-state index contributed by atoms with van der Waals surface area (Å²) in [5.41, 5.74) is 5.51. The zero-order chi connectivity index (χ0) is 12.7. The number of thiocarbonyl (C=S) groups is 1. The second kappa shape index (κ2) is 6.39. The van der Waals surface area contributed by atoms with E-state index in [1.807, 2.05) is 6.07 Å². The van der Waals surface area contributed by atoms with Gasteiger partial charge >= 0.3 is 5.97 Å². The highest BCUT2D eigenvalue weighted by atomic mass is 32.1. The molecule has 1 aromatic carbocycles. The Morgan fingerprint density at radius 3 is 2.47 bits per heavy atom. The zero-order valence-corrected chi connectivity index (χ0v) is 9.57. The maximum absolute atomic E-state index is 11.1. The minimum atomic E-state index is -0.766.